The molecule has 3 aromatic rings. The van der Waals surface area contributed by atoms with E-state index in [-0.39, 0.29) is 17.1 Å². The normalized spacial score (nSPS) is 27.3. The van der Waals surface area contributed by atoms with Crippen LogP contribution in [0.25, 0.3) is 16.4 Å². The summed E-state index contributed by atoms with van der Waals surface area (Å²) >= 11 is 3.18. The lowest BCUT2D eigenvalue weighted by atomic mass is 9.75. The number of Topliss-reactive ketones (excluding diaryl/α,β-unsaturated/α-hetero) is 1. The Kier molecular flexibility index (Phi) is 3.95. The van der Waals surface area contributed by atoms with Crippen molar-refractivity contribution in [1.29, 1.82) is 0 Å². The van der Waals surface area contributed by atoms with Gasteiger partial charge in [0.15, 0.2) is 11.0 Å². The predicted molar refractivity (Wildman–Crippen MR) is 102 cm³/mol. The Bertz CT molecular complexity index is 939. The second-order valence-electron chi connectivity index (χ2n) is 6.78. The number of aromatic nitrogens is 3. The lowest BCUT2D eigenvalue weighted by molar-refractivity contribution is -0.132. The molecular formula is C19H17N3O2S2. The van der Waals surface area contributed by atoms with E-state index in [1.54, 1.807) is 23.1 Å². The van der Waals surface area contributed by atoms with Crippen LogP contribution in [0.15, 0.2) is 53.0 Å². The average molecular weight is 383 g/mol. The van der Waals surface area contributed by atoms with Gasteiger partial charge in [-0.15, -0.1) is 21.5 Å². The highest BCUT2D eigenvalue weighted by molar-refractivity contribution is 7.99. The summed E-state index contributed by atoms with van der Waals surface area (Å²) in [4.78, 5) is 12.8. The van der Waals surface area contributed by atoms with Gasteiger partial charge < -0.3 is 5.11 Å². The number of hydrogen-bond acceptors (Lipinski definition) is 6. The number of aliphatic hydroxyl groups excluding tert-OH is 1. The number of benzene rings is 1. The van der Waals surface area contributed by atoms with Crippen LogP contribution < -0.4 is 0 Å². The number of thioether (sulfide) groups is 1. The molecule has 26 heavy (non-hydrogen) atoms. The van der Waals surface area contributed by atoms with Crippen LogP contribution in [-0.4, -0.2) is 37.0 Å². The molecule has 1 aromatic carbocycles. The molecule has 2 aliphatic carbocycles. The Balaban J connectivity index is 1.54. The van der Waals surface area contributed by atoms with Crippen LogP contribution in [0.2, 0.25) is 0 Å². The molecule has 1 N–H and O–H groups in total. The number of thiophene rings is 1. The highest BCUT2D eigenvalue weighted by Gasteiger charge is 2.53. The maximum absolute atomic E-state index is 11.8. The molecule has 0 aliphatic heterocycles. The quantitative estimate of drug-likeness (QED) is 0.748. The number of aliphatic hydroxyl groups is 1. The molecule has 5 rings (SSSR count). The van der Waals surface area contributed by atoms with Crippen molar-refractivity contribution < 1.29 is 9.90 Å². The van der Waals surface area contributed by atoms with Gasteiger partial charge in [-0.2, -0.15) is 0 Å². The molecule has 2 aromatic heterocycles. The molecule has 2 saturated carbocycles. The third-order valence-corrected chi connectivity index (χ3v) is 7.57. The number of para-hydroxylation sites is 1. The topological polar surface area (TPSA) is 68.0 Å². The molecule has 2 aliphatic rings. The average Bonchev–Trinajstić information content (AvgIpc) is 3.36. The van der Waals surface area contributed by atoms with Gasteiger partial charge in [-0.1, -0.05) is 36.0 Å². The molecule has 7 heteroatoms. The largest absolute Gasteiger partial charge is 0.392 e. The van der Waals surface area contributed by atoms with E-state index in [0.717, 1.165) is 21.5 Å². The van der Waals surface area contributed by atoms with Crippen molar-refractivity contribution in [3.05, 3.63) is 47.8 Å². The summed E-state index contributed by atoms with van der Waals surface area (Å²) in [6, 6.07) is 14.1. The van der Waals surface area contributed by atoms with Crippen LogP contribution in [-0.2, 0) is 4.79 Å². The summed E-state index contributed by atoms with van der Waals surface area (Å²) in [6.45, 7) is 0. The molecule has 5 nitrogen and oxygen atoms in total. The molecule has 0 unspecified atom stereocenters. The molecule has 2 fully saturated rings. The molecule has 2 heterocycles. The number of carbonyl (C=O) groups is 1. The van der Waals surface area contributed by atoms with E-state index >= 15 is 0 Å². The van der Waals surface area contributed by atoms with E-state index in [2.05, 4.69) is 14.8 Å². The molecule has 0 radical (unpaired) electrons. The van der Waals surface area contributed by atoms with E-state index in [4.69, 9.17) is 0 Å². The maximum Gasteiger partial charge on any atom is 0.196 e. The minimum atomic E-state index is -0.465. The Hall–Kier alpha value is -1.96. The standard InChI is InChI=1S/C19H17N3O2S2/c23-14-10-13-12(14)9-15(24)17(13)26-19-21-20-18(16-7-4-8-25-16)22(19)11-5-2-1-3-6-11/h1-8,12-13,15,17,24H,9-10H2/t12-,13-,15+,17+/m0/s1. The van der Waals surface area contributed by atoms with Gasteiger partial charge >= 0.3 is 0 Å². The van der Waals surface area contributed by atoms with E-state index in [0.29, 0.717) is 18.6 Å². The van der Waals surface area contributed by atoms with Crippen LogP contribution in [0.3, 0.4) is 0 Å². The molecule has 0 spiro atoms. The lowest BCUT2D eigenvalue weighted by Gasteiger charge is -2.31. The minimum absolute atomic E-state index is 0.000507. The van der Waals surface area contributed by atoms with Gasteiger partial charge in [-0.3, -0.25) is 9.36 Å². The number of carbonyl (C=O) groups excluding carboxylic acids is 1. The van der Waals surface area contributed by atoms with E-state index in [1.807, 2.05) is 47.8 Å². The van der Waals surface area contributed by atoms with Crippen LogP contribution in [0, 0.1) is 11.8 Å². The number of rotatable bonds is 4. The van der Waals surface area contributed by atoms with Gasteiger partial charge in [0.1, 0.15) is 5.78 Å². The third kappa shape index (κ3) is 2.53. The van der Waals surface area contributed by atoms with Crippen molar-refractivity contribution in [1.82, 2.24) is 14.8 Å². The molecular weight excluding hydrogens is 366 g/mol. The number of hydrogen-bond donors (Lipinski definition) is 1. The Morgan fingerprint density at radius 1 is 1.15 bits per heavy atom. The lowest BCUT2D eigenvalue weighted by Crippen LogP contribution is -2.37. The Labute approximate surface area is 159 Å². The van der Waals surface area contributed by atoms with Crippen molar-refractivity contribution in [2.45, 2.75) is 29.4 Å². The zero-order valence-corrected chi connectivity index (χ0v) is 15.5. The fourth-order valence-corrected chi connectivity index (χ4v) is 6.00. The Morgan fingerprint density at radius 2 is 2.00 bits per heavy atom. The fourth-order valence-electron chi connectivity index (χ4n) is 3.94. The van der Waals surface area contributed by atoms with E-state index in [9.17, 15) is 9.90 Å². The van der Waals surface area contributed by atoms with Crippen molar-refractivity contribution >= 4 is 28.9 Å². The molecule has 0 amide bonds. The second-order valence-corrected chi connectivity index (χ2v) is 8.87. The van der Waals surface area contributed by atoms with Crippen molar-refractivity contribution in [2.75, 3.05) is 0 Å². The van der Waals surface area contributed by atoms with E-state index < -0.39 is 6.10 Å². The molecule has 132 valence electrons. The molecule has 0 bridgehead atoms. The fraction of sp³-hybridized carbons (Fsp3) is 0.316. The van der Waals surface area contributed by atoms with Gasteiger partial charge in [-0.05, 0) is 35.9 Å². The summed E-state index contributed by atoms with van der Waals surface area (Å²) in [5.74, 6) is 1.39. The maximum atomic E-state index is 11.8. The van der Waals surface area contributed by atoms with Crippen LogP contribution in [0.4, 0.5) is 0 Å². The first-order valence-corrected chi connectivity index (χ1v) is 10.4. The minimum Gasteiger partial charge on any atom is -0.392 e. The third-order valence-electron chi connectivity index (χ3n) is 5.29. The van der Waals surface area contributed by atoms with Crippen LogP contribution in [0.1, 0.15) is 12.8 Å². The zero-order valence-electron chi connectivity index (χ0n) is 13.9. The first kappa shape index (κ1) is 16.2. The van der Waals surface area contributed by atoms with Gasteiger partial charge in [-0.25, -0.2) is 0 Å². The summed E-state index contributed by atoms with van der Waals surface area (Å²) in [5, 5.41) is 22.1. The van der Waals surface area contributed by atoms with Gasteiger partial charge in [0, 0.05) is 23.3 Å². The number of nitrogens with zero attached hydrogens (tertiary/aromatic N) is 3. The zero-order chi connectivity index (χ0) is 17.7. The summed E-state index contributed by atoms with van der Waals surface area (Å²) < 4.78 is 2.05. The first-order chi connectivity index (χ1) is 12.7. The SMILES string of the molecule is O=C1C[C@@H]2[C@@H](Sc3nnc(-c4cccs4)n3-c3ccccc3)[C@H](O)C[C@H]12. The predicted octanol–water partition coefficient (Wildman–Crippen LogP) is 3.43. The van der Waals surface area contributed by atoms with Gasteiger partial charge in [0.2, 0.25) is 0 Å². The summed E-state index contributed by atoms with van der Waals surface area (Å²) in [5.41, 5.74) is 0.997. The van der Waals surface area contributed by atoms with Crippen molar-refractivity contribution in [3.8, 4) is 16.4 Å². The highest BCUT2D eigenvalue weighted by Crippen LogP contribution is 2.51. The van der Waals surface area contributed by atoms with E-state index in [1.165, 1.54) is 0 Å². The Morgan fingerprint density at radius 3 is 2.69 bits per heavy atom. The highest BCUT2D eigenvalue weighted by atomic mass is 32.2. The first-order valence-electron chi connectivity index (χ1n) is 8.64. The number of ketones is 1. The molecule has 4 atom stereocenters. The van der Waals surface area contributed by atoms with Crippen LogP contribution in [0.5, 0.6) is 0 Å². The van der Waals surface area contributed by atoms with Crippen LogP contribution >= 0.6 is 23.1 Å². The number of fused-ring (bicyclic) bond motifs is 1. The monoisotopic (exact) mass is 383 g/mol. The molecule has 0 saturated heterocycles. The van der Waals surface area contributed by atoms with Gasteiger partial charge in [0.05, 0.1) is 11.0 Å². The van der Waals surface area contributed by atoms with Crippen molar-refractivity contribution in [3.63, 3.8) is 0 Å². The smallest absolute Gasteiger partial charge is 0.196 e. The van der Waals surface area contributed by atoms with Crippen molar-refractivity contribution in [2.24, 2.45) is 11.8 Å². The summed E-state index contributed by atoms with van der Waals surface area (Å²) in [6.07, 6.45) is 0.697. The van der Waals surface area contributed by atoms with Gasteiger partial charge in [0.25, 0.3) is 0 Å². The second kappa shape index (κ2) is 6.33. The summed E-state index contributed by atoms with van der Waals surface area (Å²) in [7, 11) is 0.